The first-order valence-corrected chi connectivity index (χ1v) is 9.96. The maximum absolute atomic E-state index is 13.5. The molecule has 3 heterocycles. The summed E-state index contributed by atoms with van der Waals surface area (Å²) in [6.07, 6.45) is 2.34. The molecule has 0 aromatic carbocycles. The SMILES string of the molecule is Cc1cn(-c2nc(NC3CCC(F)(F)CC3)cc(N3CCOCC3)n2)nc1CO. The number of aliphatic hydroxyl groups excluding tert-OH is 1. The molecule has 0 radical (unpaired) electrons. The van der Waals surface area contributed by atoms with Gasteiger partial charge in [0.25, 0.3) is 5.95 Å². The molecule has 10 heteroatoms. The summed E-state index contributed by atoms with van der Waals surface area (Å²) in [6.45, 7) is 4.37. The van der Waals surface area contributed by atoms with Crippen LogP contribution in [-0.2, 0) is 11.3 Å². The van der Waals surface area contributed by atoms with E-state index in [1.54, 1.807) is 10.9 Å². The van der Waals surface area contributed by atoms with Gasteiger partial charge in [-0.05, 0) is 25.3 Å². The minimum Gasteiger partial charge on any atom is -0.390 e. The summed E-state index contributed by atoms with van der Waals surface area (Å²) >= 11 is 0. The fraction of sp³-hybridized carbons (Fsp3) is 0.632. The molecule has 1 saturated heterocycles. The Kier molecular flexibility index (Phi) is 5.64. The van der Waals surface area contributed by atoms with Crippen LogP contribution >= 0.6 is 0 Å². The Hall–Kier alpha value is -2.33. The molecule has 1 saturated carbocycles. The molecule has 1 aliphatic carbocycles. The molecule has 29 heavy (non-hydrogen) atoms. The highest BCUT2D eigenvalue weighted by Gasteiger charge is 2.35. The van der Waals surface area contributed by atoms with Crippen LogP contribution in [-0.4, -0.2) is 63.1 Å². The number of alkyl halides is 2. The summed E-state index contributed by atoms with van der Waals surface area (Å²) in [5.41, 5.74) is 1.41. The Morgan fingerprint density at radius 2 is 1.97 bits per heavy atom. The molecule has 0 bridgehead atoms. The van der Waals surface area contributed by atoms with Crippen molar-refractivity contribution in [3.05, 3.63) is 23.5 Å². The van der Waals surface area contributed by atoms with Crippen LogP contribution < -0.4 is 10.2 Å². The number of ether oxygens (including phenoxy) is 1. The minimum absolute atomic E-state index is 0.0534. The van der Waals surface area contributed by atoms with Crippen molar-refractivity contribution >= 4 is 11.6 Å². The molecular formula is C19H26F2N6O2. The number of hydrogen-bond acceptors (Lipinski definition) is 7. The zero-order valence-corrected chi connectivity index (χ0v) is 16.4. The lowest BCUT2D eigenvalue weighted by Crippen LogP contribution is -2.37. The molecule has 2 aliphatic rings. The number of nitrogens with zero attached hydrogens (tertiary/aromatic N) is 5. The zero-order chi connectivity index (χ0) is 20.4. The van der Waals surface area contributed by atoms with Crippen molar-refractivity contribution < 1.29 is 18.6 Å². The third kappa shape index (κ3) is 4.64. The lowest BCUT2D eigenvalue weighted by molar-refractivity contribution is -0.0361. The number of nitrogens with one attached hydrogen (secondary N) is 1. The monoisotopic (exact) mass is 408 g/mol. The molecule has 0 spiro atoms. The van der Waals surface area contributed by atoms with Crippen LogP contribution in [0.25, 0.3) is 5.95 Å². The molecule has 2 aromatic heterocycles. The Balaban J connectivity index is 1.62. The van der Waals surface area contributed by atoms with Crippen molar-refractivity contribution in [2.24, 2.45) is 0 Å². The third-order valence-electron chi connectivity index (χ3n) is 5.46. The van der Waals surface area contributed by atoms with E-state index < -0.39 is 5.92 Å². The largest absolute Gasteiger partial charge is 0.390 e. The summed E-state index contributed by atoms with van der Waals surface area (Å²) in [5.74, 6) is -0.868. The van der Waals surface area contributed by atoms with Crippen molar-refractivity contribution in [1.29, 1.82) is 0 Å². The Labute approximate surface area is 167 Å². The normalized spacial score (nSPS) is 20.1. The topological polar surface area (TPSA) is 88.3 Å². The van der Waals surface area contributed by atoms with E-state index in [1.807, 2.05) is 13.0 Å². The van der Waals surface area contributed by atoms with Gasteiger partial charge in [-0.25, -0.2) is 13.5 Å². The number of morpholine rings is 1. The number of anilines is 2. The molecule has 1 aliphatic heterocycles. The van der Waals surface area contributed by atoms with Crippen molar-refractivity contribution in [3.8, 4) is 5.95 Å². The first kappa shape index (κ1) is 20.0. The lowest BCUT2D eigenvalue weighted by Gasteiger charge is -2.30. The molecule has 0 atom stereocenters. The number of halogens is 2. The number of aryl methyl sites for hydroxylation is 1. The molecule has 0 amide bonds. The van der Waals surface area contributed by atoms with Crippen LogP contribution in [0.2, 0.25) is 0 Å². The van der Waals surface area contributed by atoms with Crippen LogP contribution in [0.15, 0.2) is 12.3 Å². The van der Waals surface area contributed by atoms with Gasteiger partial charge in [0.05, 0.1) is 25.5 Å². The standard InChI is InChI=1S/C19H26F2N6O2/c1-13-11-27(25-15(13)12-28)18-23-16(22-14-2-4-19(20,21)5-3-14)10-17(24-18)26-6-8-29-9-7-26/h10-11,14,28H,2-9,12H2,1H3,(H,22,23,24). The van der Waals surface area contributed by atoms with Crippen molar-refractivity contribution in [3.63, 3.8) is 0 Å². The van der Waals surface area contributed by atoms with Crippen LogP contribution in [0.5, 0.6) is 0 Å². The maximum Gasteiger partial charge on any atom is 0.254 e. The molecule has 2 aromatic rings. The van der Waals surface area contributed by atoms with Crippen LogP contribution in [0.4, 0.5) is 20.4 Å². The van der Waals surface area contributed by atoms with Gasteiger partial charge in [-0.1, -0.05) is 0 Å². The number of aliphatic hydroxyl groups is 1. The van der Waals surface area contributed by atoms with Gasteiger partial charge in [-0.15, -0.1) is 0 Å². The molecule has 158 valence electrons. The van der Waals surface area contributed by atoms with Gasteiger partial charge in [-0.2, -0.15) is 15.1 Å². The van der Waals surface area contributed by atoms with Crippen LogP contribution in [0, 0.1) is 6.92 Å². The first-order chi connectivity index (χ1) is 13.9. The molecule has 2 N–H and O–H groups in total. The number of aromatic nitrogens is 4. The van der Waals surface area contributed by atoms with Gasteiger partial charge in [0, 0.05) is 44.2 Å². The second kappa shape index (κ2) is 8.19. The van der Waals surface area contributed by atoms with E-state index in [4.69, 9.17) is 4.74 Å². The predicted octanol–water partition coefficient (Wildman–Crippen LogP) is 2.29. The summed E-state index contributed by atoms with van der Waals surface area (Å²) in [6, 6.07) is 1.80. The van der Waals surface area contributed by atoms with Crippen LogP contribution in [0.3, 0.4) is 0 Å². The van der Waals surface area contributed by atoms with Crippen molar-refractivity contribution in [1.82, 2.24) is 19.7 Å². The second-order valence-corrected chi connectivity index (χ2v) is 7.65. The van der Waals surface area contributed by atoms with E-state index in [0.717, 1.165) is 11.4 Å². The van der Waals surface area contributed by atoms with E-state index in [-0.39, 0.29) is 25.5 Å². The molecule has 8 nitrogen and oxygen atoms in total. The third-order valence-corrected chi connectivity index (χ3v) is 5.46. The lowest BCUT2D eigenvalue weighted by atomic mass is 9.92. The van der Waals surface area contributed by atoms with Gasteiger partial charge in [0.2, 0.25) is 5.92 Å². The molecule has 2 fully saturated rings. The van der Waals surface area contributed by atoms with Crippen molar-refractivity contribution in [2.75, 3.05) is 36.5 Å². The number of hydrogen-bond donors (Lipinski definition) is 2. The minimum atomic E-state index is -2.57. The second-order valence-electron chi connectivity index (χ2n) is 7.65. The average molecular weight is 408 g/mol. The highest BCUT2D eigenvalue weighted by atomic mass is 19.3. The molecule has 0 unspecified atom stereocenters. The van der Waals surface area contributed by atoms with E-state index in [2.05, 4.69) is 25.3 Å². The molecular weight excluding hydrogens is 382 g/mol. The molecule has 4 rings (SSSR count). The van der Waals surface area contributed by atoms with Gasteiger partial charge < -0.3 is 20.1 Å². The van der Waals surface area contributed by atoms with Crippen LogP contribution in [0.1, 0.15) is 36.9 Å². The summed E-state index contributed by atoms with van der Waals surface area (Å²) in [4.78, 5) is 11.3. The number of rotatable bonds is 5. The van der Waals surface area contributed by atoms with E-state index in [0.29, 0.717) is 56.6 Å². The zero-order valence-electron chi connectivity index (χ0n) is 16.4. The first-order valence-electron chi connectivity index (χ1n) is 9.96. The van der Waals surface area contributed by atoms with E-state index >= 15 is 0 Å². The van der Waals surface area contributed by atoms with Gasteiger partial charge >= 0.3 is 0 Å². The maximum atomic E-state index is 13.5. The Morgan fingerprint density at radius 1 is 1.24 bits per heavy atom. The van der Waals surface area contributed by atoms with Gasteiger partial charge in [0.15, 0.2) is 0 Å². The van der Waals surface area contributed by atoms with E-state index in [1.165, 1.54) is 0 Å². The predicted molar refractivity (Wildman–Crippen MR) is 104 cm³/mol. The Morgan fingerprint density at radius 3 is 2.62 bits per heavy atom. The van der Waals surface area contributed by atoms with Gasteiger partial charge in [-0.3, -0.25) is 0 Å². The van der Waals surface area contributed by atoms with Crippen molar-refractivity contribution in [2.45, 2.75) is 51.2 Å². The fourth-order valence-corrected chi connectivity index (χ4v) is 3.70. The summed E-state index contributed by atoms with van der Waals surface area (Å²) < 4.78 is 33.9. The highest BCUT2D eigenvalue weighted by Crippen LogP contribution is 2.34. The fourth-order valence-electron chi connectivity index (χ4n) is 3.70. The average Bonchev–Trinajstić information content (AvgIpc) is 3.11. The quantitative estimate of drug-likeness (QED) is 0.785. The van der Waals surface area contributed by atoms with E-state index in [9.17, 15) is 13.9 Å². The van der Waals surface area contributed by atoms with Gasteiger partial charge in [0.1, 0.15) is 11.6 Å². The Bertz CT molecular complexity index is 843. The smallest absolute Gasteiger partial charge is 0.254 e. The summed E-state index contributed by atoms with van der Waals surface area (Å²) in [7, 11) is 0. The highest BCUT2D eigenvalue weighted by molar-refractivity contribution is 5.52. The summed E-state index contributed by atoms with van der Waals surface area (Å²) in [5, 5.41) is 17.1.